The number of hydrogen-bond acceptors (Lipinski definition) is 4. The lowest BCUT2D eigenvalue weighted by Crippen LogP contribution is -1.93. The molecular formula is C10H10N2OS. The molecule has 0 saturated carbocycles. The maximum Gasteiger partial charge on any atom is 0.0851 e. The minimum Gasteiger partial charge on any atom is -0.411 e. The third-order valence-electron chi connectivity index (χ3n) is 2.22. The quantitative estimate of drug-likeness (QED) is 0.443. The summed E-state index contributed by atoms with van der Waals surface area (Å²) in [5, 5.41) is 13.1. The van der Waals surface area contributed by atoms with Gasteiger partial charge in [-0.15, -0.1) is 0 Å². The number of benzene rings is 1. The summed E-state index contributed by atoms with van der Waals surface area (Å²) in [5.74, 6) is 0. The van der Waals surface area contributed by atoms with Gasteiger partial charge in [-0.25, -0.2) is 0 Å². The van der Waals surface area contributed by atoms with Crippen molar-refractivity contribution in [3.63, 3.8) is 0 Å². The molecule has 0 aliphatic heterocycles. The smallest absolute Gasteiger partial charge is 0.0851 e. The normalized spacial score (nSPS) is 12.3. The molecule has 0 amide bonds. The van der Waals surface area contributed by atoms with E-state index in [9.17, 15) is 0 Å². The van der Waals surface area contributed by atoms with Gasteiger partial charge in [0.2, 0.25) is 0 Å². The van der Waals surface area contributed by atoms with E-state index in [2.05, 4.69) is 9.53 Å². The molecule has 0 bridgehead atoms. The molecule has 2 rings (SSSR count). The van der Waals surface area contributed by atoms with Crippen molar-refractivity contribution < 1.29 is 5.21 Å². The first-order valence-electron chi connectivity index (χ1n) is 4.28. The molecule has 3 nitrogen and oxygen atoms in total. The molecule has 14 heavy (non-hydrogen) atoms. The lowest BCUT2D eigenvalue weighted by atomic mass is 10.1. The highest BCUT2D eigenvalue weighted by Gasteiger charge is 2.08. The number of nitrogens with zero attached hydrogens (tertiary/aromatic N) is 2. The number of rotatable bonds is 1. The minimum absolute atomic E-state index is 0.624. The first-order valence-corrected chi connectivity index (χ1v) is 5.05. The van der Waals surface area contributed by atoms with Crippen LogP contribution in [0.5, 0.6) is 0 Å². The number of fused-ring (bicyclic) bond motifs is 1. The van der Waals surface area contributed by atoms with Crippen LogP contribution in [-0.2, 0) is 0 Å². The second kappa shape index (κ2) is 3.38. The zero-order chi connectivity index (χ0) is 10.1. The highest BCUT2D eigenvalue weighted by molar-refractivity contribution is 7.13. The summed E-state index contributed by atoms with van der Waals surface area (Å²) in [6.45, 7) is 3.76. The fourth-order valence-corrected chi connectivity index (χ4v) is 2.38. The molecule has 0 unspecified atom stereocenters. The van der Waals surface area contributed by atoms with Crippen LogP contribution in [-0.4, -0.2) is 15.3 Å². The largest absolute Gasteiger partial charge is 0.411 e. The van der Waals surface area contributed by atoms with Crippen molar-refractivity contribution in [3.8, 4) is 0 Å². The van der Waals surface area contributed by atoms with Crippen molar-refractivity contribution in [1.29, 1.82) is 0 Å². The Balaban J connectivity index is 2.78. The summed E-state index contributed by atoms with van der Waals surface area (Å²) in [6, 6.07) is 5.92. The third-order valence-corrected chi connectivity index (χ3v) is 3.21. The molecule has 72 valence electrons. The SMILES string of the molecule is C/C(=N\O)c1cccc2c(C)nsc12. The van der Waals surface area contributed by atoms with E-state index in [0.29, 0.717) is 5.71 Å². The van der Waals surface area contributed by atoms with Gasteiger partial charge < -0.3 is 5.21 Å². The van der Waals surface area contributed by atoms with Gasteiger partial charge in [0.1, 0.15) is 0 Å². The van der Waals surface area contributed by atoms with E-state index in [1.165, 1.54) is 11.5 Å². The molecule has 4 heteroatoms. The zero-order valence-corrected chi connectivity index (χ0v) is 8.80. The summed E-state index contributed by atoms with van der Waals surface area (Å²) in [7, 11) is 0. The molecule has 0 fully saturated rings. The Kier molecular flexibility index (Phi) is 2.21. The molecule has 0 aliphatic rings. The van der Waals surface area contributed by atoms with E-state index in [1.807, 2.05) is 25.1 Å². The molecule has 0 aliphatic carbocycles. The Morgan fingerprint density at radius 3 is 3.00 bits per heavy atom. The maximum atomic E-state index is 8.73. The van der Waals surface area contributed by atoms with Gasteiger partial charge in [0.25, 0.3) is 0 Å². The van der Waals surface area contributed by atoms with Crippen molar-refractivity contribution in [3.05, 3.63) is 29.5 Å². The van der Waals surface area contributed by atoms with Gasteiger partial charge >= 0.3 is 0 Å². The summed E-state index contributed by atoms with van der Waals surface area (Å²) >= 11 is 1.44. The Labute approximate surface area is 85.9 Å². The average Bonchev–Trinajstić information content (AvgIpc) is 2.59. The molecule has 0 atom stereocenters. The van der Waals surface area contributed by atoms with Gasteiger partial charge in [0, 0.05) is 10.9 Å². The first kappa shape index (κ1) is 9.15. The van der Waals surface area contributed by atoms with Gasteiger partial charge in [0.05, 0.1) is 16.1 Å². The number of hydrogen-bond donors (Lipinski definition) is 1. The van der Waals surface area contributed by atoms with Gasteiger partial charge in [0.15, 0.2) is 0 Å². The standard InChI is InChI=1S/C10H10N2OS/c1-6(11-13)8-4-3-5-9-7(2)12-14-10(8)9/h3-5,13H,1-2H3/b11-6+. The highest BCUT2D eigenvalue weighted by atomic mass is 32.1. The Hall–Kier alpha value is -1.42. The van der Waals surface area contributed by atoms with E-state index in [-0.39, 0.29) is 0 Å². The van der Waals surface area contributed by atoms with E-state index < -0.39 is 0 Å². The monoisotopic (exact) mass is 206 g/mol. The fraction of sp³-hybridized carbons (Fsp3) is 0.200. The van der Waals surface area contributed by atoms with Crippen LogP contribution in [0.1, 0.15) is 18.2 Å². The van der Waals surface area contributed by atoms with Crippen LogP contribution in [0.3, 0.4) is 0 Å². The zero-order valence-electron chi connectivity index (χ0n) is 7.98. The van der Waals surface area contributed by atoms with E-state index in [4.69, 9.17) is 5.21 Å². The maximum absolute atomic E-state index is 8.73. The first-order chi connectivity index (χ1) is 6.74. The molecule has 0 saturated heterocycles. The van der Waals surface area contributed by atoms with Crippen molar-refractivity contribution in [2.45, 2.75) is 13.8 Å². The fourth-order valence-electron chi connectivity index (χ4n) is 1.42. The van der Waals surface area contributed by atoms with Gasteiger partial charge in [-0.2, -0.15) is 4.37 Å². The van der Waals surface area contributed by atoms with Crippen LogP contribution < -0.4 is 0 Å². The van der Waals surface area contributed by atoms with E-state index >= 15 is 0 Å². The second-order valence-electron chi connectivity index (χ2n) is 3.14. The number of oxime groups is 1. The third kappa shape index (κ3) is 1.28. The van der Waals surface area contributed by atoms with Crippen LogP contribution in [0, 0.1) is 6.92 Å². The van der Waals surface area contributed by atoms with Crippen LogP contribution in [0.4, 0.5) is 0 Å². The molecule has 1 heterocycles. The lowest BCUT2D eigenvalue weighted by molar-refractivity contribution is 0.319. The summed E-state index contributed by atoms with van der Waals surface area (Å²) in [5.41, 5.74) is 2.60. The second-order valence-corrected chi connectivity index (χ2v) is 3.91. The van der Waals surface area contributed by atoms with Crippen molar-refractivity contribution >= 4 is 27.3 Å². The van der Waals surface area contributed by atoms with Crippen molar-refractivity contribution in [2.75, 3.05) is 0 Å². The van der Waals surface area contributed by atoms with Crippen LogP contribution >= 0.6 is 11.5 Å². The van der Waals surface area contributed by atoms with Crippen molar-refractivity contribution in [1.82, 2.24) is 4.37 Å². The molecule has 2 aromatic rings. The lowest BCUT2D eigenvalue weighted by Gasteiger charge is -1.99. The van der Waals surface area contributed by atoms with Crippen molar-refractivity contribution in [2.24, 2.45) is 5.16 Å². The summed E-state index contributed by atoms with van der Waals surface area (Å²) < 4.78 is 5.36. The van der Waals surface area contributed by atoms with E-state index in [0.717, 1.165) is 21.3 Å². The topological polar surface area (TPSA) is 45.5 Å². The summed E-state index contributed by atoms with van der Waals surface area (Å²) in [4.78, 5) is 0. The van der Waals surface area contributed by atoms with Gasteiger partial charge in [-0.3, -0.25) is 0 Å². The molecule has 0 radical (unpaired) electrons. The number of aromatic nitrogens is 1. The number of aryl methyl sites for hydroxylation is 1. The Morgan fingerprint density at radius 2 is 2.29 bits per heavy atom. The molecule has 0 spiro atoms. The molecule has 1 aromatic carbocycles. The molecule has 1 aromatic heterocycles. The van der Waals surface area contributed by atoms with E-state index in [1.54, 1.807) is 6.92 Å². The predicted octanol–water partition coefficient (Wildman–Crippen LogP) is 2.80. The van der Waals surface area contributed by atoms with Gasteiger partial charge in [-0.05, 0) is 25.4 Å². The average molecular weight is 206 g/mol. The minimum atomic E-state index is 0.624. The Morgan fingerprint density at radius 1 is 1.50 bits per heavy atom. The molecular weight excluding hydrogens is 196 g/mol. The van der Waals surface area contributed by atoms with Crippen LogP contribution in [0.2, 0.25) is 0 Å². The van der Waals surface area contributed by atoms with Crippen LogP contribution in [0.25, 0.3) is 10.1 Å². The molecule has 1 N–H and O–H groups in total. The predicted molar refractivity (Wildman–Crippen MR) is 58.4 cm³/mol. The summed E-state index contributed by atoms with van der Waals surface area (Å²) in [6.07, 6.45) is 0. The highest BCUT2D eigenvalue weighted by Crippen LogP contribution is 2.26. The van der Waals surface area contributed by atoms with Gasteiger partial charge in [-0.1, -0.05) is 23.4 Å². The Bertz CT molecular complexity index is 502. The van der Waals surface area contributed by atoms with Crippen LogP contribution in [0.15, 0.2) is 23.4 Å².